The zero-order valence-electron chi connectivity index (χ0n) is 18.2. The molecule has 4 rings (SSSR count). The molecule has 34 heavy (non-hydrogen) atoms. The number of amides is 2. The SMILES string of the molecule is O=C(Nc1nc2cc(N3CCNCCC3=O)ccc2n1CCCO)c1cccc(C(F)(F)F)c1. The van der Waals surface area contributed by atoms with E-state index in [4.69, 9.17) is 0 Å². The van der Waals surface area contributed by atoms with Crippen LogP contribution >= 0.6 is 0 Å². The zero-order chi connectivity index (χ0) is 24.3. The molecule has 1 saturated heterocycles. The first-order valence-electron chi connectivity index (χ1n) is 10.9. The number of aliphatic hydroxyl groups is 1. The summed E-state index contributed by atoms with van der Waals surface area (Å²) in [6.45, 7) is 2.02. The topological polar surface area (TPSA) is 99.5 Å². The quantitative estimate of drug-likeness (QED) is 0.509. The molecule has 2 aromatic carbocycles. The molecule has 0 bridgehead atoms. The third-order valence-corrected chi connectivity index (χ3v) is 5.59. The third kappa shape index (κ3) is 5.05. The lowest BCUT2D eigenvalue weighted by Gasteiger charge is -2.20. The molecule has 180 valence electrons. The van der Waals surface area contributed by atoms with E-state index in [2.05, 4.69) is 15.6 Å². The van der Waals surface area contributed by atoms with Crippen molar-refractivity contribution >= 4 is 34.5 Å². The van der Waals surface area contributed by atoms with Gasteiger partial charge < -0.3 is 19.9 Å². The second-order valence-electron chi connectivity index (χ2n) is 7.92. The van der Waals surface area contributed by atoms with Crippen LogP contribution in [-0.4, -0.2) is 52.7 Å². The summed E-state index contributed by atoms with van der Waals surface area (Å²) >= 11 is 0. The van der Waals surface area contributed by atoms with E-state index in [1.807, 2.05) is 0 Å². The van der Waals surface area contributed by atoms with Crippen LogP contribution in [0, 0.1) is 0 Å². The zero-order valence-corrected chi connectivity index (χ0v) is 18.2. The smallest absolute Gasteiger partial charge is 0.396 e. The second kappa shape index (κ2) is 9.82. The summed E-state index contributed by atoms with van der Waals surface area (Å²) in [5.41, 5.74) is 0.773. The van der Waals surface area contributed by atoms with Crippen LogP contribution in [0.1, 0.15) is 28.8 Å². The molecule has 11 heteroatoms. The van der Waals surface area contributed by atoms with Crippen LogP contribution in [0.5, 0.6) is 0 Å². The normalized spacial score (nSPS) is 14.9. The Balaban J connectivity index is 1.67. The molecule has 0 radical (unpaired) electrons. The molecule has 2 heterocycles. The average molecular weight is 475 g/mol. The van der Waals surface area contributed by atoms with Gasteiger partial charge in [0.1, 0.15) is 0 Å². The Morgan fingerprint density at radius 2 is 2.00 bits per heavy atom. The number of carbonyl (C=O) groups excluding carboxylic acids is 2. The number of aliphatic hydroxyl groups excluding tert-OH is 1. The summed E-state index contributed by atoms with van der Waals surface area (Å²) in [5.74, 6) is -0.602. The number of hydrogen-bond acceptors (Lipinski definition) is 5. The maximum Gasteiger partial charge on any atom is 0.416 e. The molecule has 1 fully saturated rings. The highest BCUT2D eigenvalue weighted by molar-refractivity contribution is 6.04. The van der Waals surface area contributed by atoms with E-state index >= 15 is 0 Å². The van der Waals surface area contributed by atoms with Gasteiger partial charge in [0.25, 0.3) is 5.91 Å². The van der Waals surface area contributed by atoms with E-state index in [0.717, 1.165) is 12.1 Å². The molecule has 0 atom stereocenters. The highest BCUT2D eigenvalue weighted by atomic mass is 19.4. The van der Waals surface area contributed by atoms with E-state index in [1.54, 1.807) is 27.7 Å². The lowest BCUT2D eigenvalue weighted by Crippen LogP contribution is -2.32. The fourth-order valence-electron chi connectivity index (χ4n) is 3.89. The number of nitrogens with zero attached hydrogens (tertiary/aromatic N) is 3. The summed E-state index contributed by atoms with van der Waals surface area (Å²) in [7, 11) is 0. The number of alkyl halides is 3. The van der Waals surface area contributed by atoms with E-state index < -0.39 is 17.6 Å². The predicted molar refractivity (Wildman–Crippen MR) is 121 cm³/mol. The van der Waals surface area contributed by atoms with E-state index in [0.29, 0.717) is 55.7 Å². The van der Waals surface area contributed by atoms with Gasteiger partial charge in [0.15, 0.2) is 0 Å². The molecule has 2 amide bonds. The lowest BCUT2D eigenvalue weighted by molar-refractivity contribution is -0.137. The largest absolute Gasteiger partial charge is 0.416 e. The monoisotopic (exact) mass is 475 g/mol. The number of benzene rings is 2. The maximum atomic E-state index is 13.0. The number of carbonyl (C=O) groups is 2. The highest BCUT2D eigenvalue weighted by Gasteiger charge is 2.31. The Hall–Kier alpha value is -3.44. The Kier molecular flexibility index (Phi) is 6.85. The number of aryl methyl sites for hydroxylation is 1. The molecular formula is C23H24F3N5O3. The van der Waals surface area contributed by atoms with Crippen LogP contribution in [-0.2, 0) is 17.5 Å². The number of halogens is 3. The average Bonchev–Trinajstić information content (AvgIpc) is 2.99. The Morgan fingerprint density at radius 3 is 2.76 bits per heavy atom. The number of nitrogens with one attached hydrogen (secondary N) is 2. The molecule has 0 spiro atoms. The Labute approximate surface area is 193 Å². The van der Waals surface area contributed by atoms with Crippen molar-refractivity contribution in [3.63, 3.8) is 0 Å². The van der Waals surface area contributed by atoms with Crippen LogP contribution in [0.25, 0.3) is 11.0 Å². The fraction of sp³-hybridized carbons (Fsp3) is 0.348. The van der Waals surface area contributed by atoms with Crippen LogP contribution < -0.4 is 15.5 Å². The second-order valence-corrected chi connectivity index (χ2v) is 7.92. The number of rotatable bonds is 6. The molecule has 3 N–H and O–H groups in total. The van der Waals surface area contributed by atoms with Crippen LogP contribution in [0.2, 0.25) is 0 Å². The summed E-state index contributed by atoms with van der Waals surface area (Å²) in [6.07, 6.45) is -3.81. The summed E-state index contributed by atoms with van der Waals surface area (Å²) in [4.78, 5) is 31.4. The van der Waals surface area contributed by atoms with E-state index in [1.165, 1.54) is 12.1 Å². The van der Waals surface area contributed by atoms with Gasteiger partial charge in [0.05, 0.1) is 16.6 Å². The summed E-state index contributed by atoms with van der Waals surface area (Å²) in [5, 5.41) is 15.1. The van der Waals surface area contributed by atoms with Gasteiger partial charge in [-0.25, -0.2) is 4.98 Å². The van der Waals surface area contributed by atoms with Crippen molar-refractivity contribution < 1.29 is 27.9 Å². The van der Waals surface area contributed by atoms with Gasteiger partial charge in [0, 0.05) is 50.5 Å². The molecule has 1 aromatic heterocycles. The fourth-order valence-corrected chi connectivity index (χ4v) is 3.89. The summed E-state index contributed by atoms with van der Waals surface area (Å²) in [6, 6.07) is 9.46. The van der Waals surface area contributed by atoms with Crippen molar-refractivity contribution in [1.82, 2.24) is 14.9 Å². The molecule has 3 aromatic rings. The Morgan fingerprint density at radius 1 is 1.18 bits per heavy atom. The third-order valence-electron chi connectivity index (χ3n) is 5.59. The van der Waals surface area contributed by atoms with Gasteiger partial charge in [-0.15, -0.1) is 0 Å². The minimum absolute atomic E-state index is 0.0119. The number of hydrogen-bond donors (Lipinski definition) is 3. The molecular weight excluding hydrogens is 451 g/mol. The predicted octanol–water partition coefficient (Wildman–Crippen LogP) is 3.02. The van der Waals surface area contributed by atoms with Crippen molar-refractivity contribution in [2.24, 2.45) is 0 Å². The number of anilines is 2. The minimum atomic E-state index is -4.57. The van der Waals surface area contributed by atoms with Crippen molar-refractivity contribution in [1.29, 1.82) is 0 Å². The van der Waals surface area contributed by atoms with Crippen LogP contribution in [0.4, 0.5) is 24.8 Å². The van der Waals surface area contributed by atoms with Gasteiger partial charge in [-0.2, -0.15) is 13.2 Å². The van der Waals surface area contributed by atoms with E-state index in [9.17, 15) is 27.9 Å². The van der Waals surface area contributed by atoms with Crippen LogP contribution in [0.3, 0.4) is 0 Å². The van der Waals surface area contributed by atoms with Crippen LogP contribution in [0.15, 0.2) is 42.5 Å². The highest BCUT2D eigenvalue weighted by Crippen LogP contribution is 2.30. The molecule has 0 unspecified atom stereocenters. The molecule has 0 saturated carbocycles. The number of aromatic nitrogens is 2. The number of imidazole rings is 1. The maximum absolute atomic E-state index is 13.0. The first-order valence-corrected chi connectivity index (χ1v) is 10.9. The van der Waals surface area contributed by atoms with Crippen molar-refractivity contribution in [3.8, 4) is 0 Å². The van der Waals surface area contributed by atoms with Gasteiger partial charge in [-0.3, -0.25) is 14.9 Å². The first kappa shape index (κ1) is 23.7. The minimum Gasteiger partial charge on any atom is -0.396 e. The first-order chi connectivity index (χ1) is 16.3. The lowest BCUT2D eigenvalue weighted by atomic mass is 10.1. The van der Waals surface area contributed by atoms with Gasteiger partial charge >= 0.3 is 6.18 Å². The van der Waals surface area contributed by atoms with Crippen molar-refractivity contribution in [3.05, 3.63) is 53.6 Å². The molecule has 1 aliphatic heterocycles. The molecule has 1 aliphatic rings. The van der Waals surface area contributed by atoms with Gasteiger partial charge in [0.2, 0.25) is 11.9 Å². The molecule has 8 nitrogen and oxygen atoms in total. The summed E-state index contributed by atoms with van der Waals surface area (Å²) < 4.78 is 40.8. The van der Waals surface area contributed by atoms with Gasteiger partial charge in [-0.05, 0) is 42.8 Å². The van der Waals surface area contributed by atoms with Gasteiger partial charge in [-0.1, -0.05) is 6.07 Å². The van der Waals surface area contributed by atoms with Crippen molar-refractivity contribution in [2.75, 3.05) is 36.5 Å². The number of fused-ring (bicyclic) bond motifs is 1. The Bertz CT molecular complexity index is 1210. The van der Waals surface area contributed by atoms with E-state index in [-0.39, 0.29) is 24.0 Å². The molecule has 0 aliphatic carbocycles. The van der Waals surface area contributed by atoms with Crippen molar-refractivity contribution in [2.45, 2.75) is 25.6 Å². The standard InChI is InChI=1S/C23H24F3N5O3/c24-23(25,26)16-4-1-3-15(13-16)21(34)29-22-28-18-14-17(30-11-9-27-8-7-20(30)33)5-6-19(18)31(22)10-2-12-32/h1,3-6,13-14,27,32H,2,7-12H2,(H,28,29,34).